The standard InChI is InChI=1S/C25H32Cl2N2O2/c1-16-4-3-7-25(2)14-23-18(13-20(16)25)19(24(30)31-23)15-28-8-10-29(11-9-28)17-5-6-21(26)22(27)12-17/h5-6,12-13,16,18-19,23H,3-4,7-11,14-15H2,1-2H3/t16-,18+,19+,23+,25+/m0/s1. The van der Waals surface area contributed by atoms with Crippen LogP contribution in [0.25, 0.3) is 0 Å². The summed E-state index contributed by atoms with van der Waals surface area (Å²) in [5, 5.41) is 1.18. The van der Waals surface area contributed by atoms with Gasteiger partial charge in [-0.2, -0.15) is 0 Å². The van der Waals surface area contributed by atoms with Crippen LogP contribution in [-0.2, 0) is 9.53 Å². The van der Waals surface area contributed by atoms with Gasteiger partial charge in [0.2, 0.25) is 0 Å². The van der Waals surface area contributed by atoms with E-state index in [1.165, 1.54) is 19.3 Å². The highest BCUT2D eigenvalue weighted by Gasteiger charge is 2.52. The molecule has 6 heteroatoms. The number of piperazine rings is 1. The van der Waals surface area contributed by atoms with Crippen molar-refractivity contribution in [1.82, 2.24) is 4.90 Å². The number of halogens is 2. The molecule has 168 valence electrons. The molecule has 4 nitrogen and oxygen atoms in total. The number of anilines is 1. The van der Waals surface area contributed by atoms with E-state index in [-0.39, 0.29) is 29.3 Å². The van der Waals surface area contributed by atoms with E-state index in [1.54, 1.807) is 5.57 Å². The summed E-state index contributed by atoms with van der Waals surface area (Å²) in [6.07, 6.45) is 7.31. The first-order valence-corrected chi connectivity index (χ1v) is 12.4. The van der Waals surface area contributed by atoms with E-state index >= 15 is 0 Å². The van der Waals surface area contributed by atoms with Crippen LogP contribution >= 0.6 is 23.2 Å². The fourth-order valence-electron chi connectivity index (χ4n) is 6.41. The van der Waals surface area contributed by atoms with E-state index in [1.807, 2.05) is 18.2 Å². The summed E-state index contributed by atoms with van der Waals surface area (Å²) in [7, 11) is 0. The van der Waals surface area contributed by atoms with Gasteiger partial charge in [-0.3, -0.25) is 9.69 Å². The number of carbonyl (C=O) groups excluding carboxylic acids is 1. The Hall–Kier alpha value is -1.23. The highest BCUT2D eigenvalue weighted by molar-refractivity contribution is 6.42. The predicted molar refractivity (Wildman–Crippen MR) is 126 cm³/mol. The zero-order chi connectivity index (χ0) is 21.8. The van der Waals surface area contributed by atoms with Crippen LogP contribution in [0.2, 0.25) is 10.0 Å². The number of hydrogen-bond donors (Lipinski definition) is 0. The highest BCUT2D eigenvalue weighted by atomic mass is 35.5. The Labute approximate surface area is 195 Å². The molecule has 0 aromatic heterocycles. The molecule has 0 N–H and O–H groups in total. The lowest BCUT2D eigenvalue weighted by Gasteiger charge is -2.46. The molecular formula is C25H32Cl2N2O2. The Kier molecular flexibility index (Phi) is 5.77. The zero-order valence-electron chi connectivity index (χ0n) is 18.4. The Morgan fingerprint density at radius 2 is 1.94 bits per heavy atom. The largest absolute Gasteiger partial charge is 0.461 e. The summed E-state index contributed by atoms with van der Waals surface area (Å²) in [4.78, 5) is 17.6. The van der Waals surface area contributed by atoms with Crippen LogP contribution in [0.3, 0.4) is 0 Å². The number of carbonyl (C=O) groups is 1. The van der Waals surface area contributed by atoms with Gasteiger partial charge < -0.3 is 9.64 Å². The molecule has 0 radical (unpaired) electrons. The number of hydrogen-bond acceptors (Lipinski definition) is 4. The van der Waals surface area contributed by atoms with E-state index in [9.17, 15) is 4.79 Å². The maximum atomic E-state index is 12.8. The monoisotopic (exact) mass is 462 g/mol. The van der Waals surface area contributed by atoms with Gasteiger partial charge in [-0.1, -0.05) is 55.1 Å². The lowest BCUT2D eigenvalue weighted by atomic mass is 9.59. The van der Waals surface area contributed by atoms with Crippen molar-refractivity contribution >= 4 is 34.9 Å². The molecule has 4 aliphatic rings. The third-order valence-corrected chi connectivity index (χ3v) is 8.92. The molecule has 1 aromatic rings. The summed E-state index contributed by atoms with van der Waals surface area (Å²) in [6, 6.07) is 5.82. The summed E-state index contributed by atoms with van der Waals surface area (Å²) in [5.74, 6) is 0.844. The van der Waals surface area contributed by atoms with Crippen molar-refractivity contribution in [3.8, 4) is 0 Å². The van der Waals surface area contributed by atoms with Crippen LogP contribution in [0.1, 0.15) is 39.5 Å². The van der Waals surface area contributed by atoms with E-state index in [0.717, 1.165) is 44.8 Å². The average molecular weight is 463 g/mol. The van der Waals surface area contributed by atoms with Gasteiger partial charge in [0.15, 0.2) is 0 Å². The van der Waals surface area contributed by atoms with Gasteiger partial charge in [-0.15, -0.1) is 0 Å². The Balaban J connectivity index is 1.25. The molecule has 1 aromatic carbocycles. The molecule has 0 spiro atoms. The molecule has 31 heavy (non-hydrogen) atoms. The smallest absolute Gasteiger partial charge is 0.311 e. The van der Waals surface area contributed by atoms with E-state index in [0.29, 0.717) is 16.0 Å². The number of fused-ring (bicyclic) bond motifs is 2. The van der Waals surface area contributed by atoms with Crippen molar-refractivity contribution in [3.63, 3.8) is 0 Å². The van der Waals surface area contributed by atoms with Crippen LogP contribution in [0.15, 0.2) is 29.8 Å². The highest BCUT2D eigenvalue weighted by Crippen LogP contribution is 2.54. The molecule has 2 saturated heterocycles. The van der Waals surface area contributed by atoms with Gasteiger partial charge in [0.05, 0.1) is 16.0 Å². The third kappa shape index (κ3) is 4.00. The normalized spacial score (nSPS) is 35.9. The van der Waals surface area contributed by atoms with Crippen molar-refractivity contribution < 1.29 is 9.53 Å². The number of benzene rings is 1. The van der Waals surface area contributed by atoms with Crippen LogP contribution in [0, 0.1) is 23.2 Å². The number of esters is 1. The van der Waals surface area contributed by atoms with Gasteiger partial charge in [0, 0.05) is 44.3 Å². The van der Waals surface area contributed by atoms with Crippen molar-refractivity contribution in [3.05, 3.63) is 39.9 Å². The van der Waals surface area contributed by atoms with Gasteiger partial charge in [0.1, 0.15) is 6.10 Å². The fraction of sp³-hybridized carbons (Fsp3) is 0.640. The van der Waals surface area contributed by atoms with Crippen molar-refractivity contribution in [2.45, 2.75) is 45.6 Å². The second kappa shape index (κ2) is 8.28. The van der Waals surface area contributed by atoms with Gasteiger partial charge in [0.25, 0.3) is 0 Å². The third-order valence-electron chi connectivity index (χ3n) is 8.18. The van der Waals surface area contributed by atoms with Crippen LogP contribution in [0.4, 0.5) is 5.69 Å². The quantitative estimate of drug-likeness (QED) is 0.442. The fourth-order valence-corrected chi connectivity index (χ4v) is 6.70. The number of nitrogens with zero attached hydrogens (tertiary/aromatic N) is 2. The van der Waals surface area contributed by atoms with Crippen molar-refractivity contribution in [1.29, 1.82) is 0 Å². The SMILES string of the molecule is C[C@H]1CCC[C@]2(C)C[C@H]3OC(=O)[C@H](CN4CCN(c5ccc(Cl)c(Cl)c5)CC4)[C@H]3C=C12. The average Bonchev–Trinajstić information content (AvgIpc) is 3.03. The first-order chi connectivity index (χ1) is 14.8. The molecular weight excluding hydrogens is 431 g/mol. The van der Waals surface area contributed by atoms with Gasteiger partial charge >= 0.3 is 5.97 Å². The first-order valence-electron chi connectivity index (χ1n) is 11.7. The van der Waals surface area contributed by atoms with Crippen molar-refractivity contribution in [2.75, 3.05) is 37.6 Å². The molecule has 2 aliphatic carbocycles. The van der Waals surface area contributed by atoms with Crippen molar-refractivity contribution in [2.24, 2.45) is 23.2 Å². The lowest BCUT2D eigenvalue weighted by Crippen LogP contribution is -2.49. The molecule has 0 bridgehead atoms. The minimum Gasteiger partial charge on any atom is -0.461 e. The van der Waals surface area contributed by atoms with Gasteiger partial charge in [-0.25, -0.2) is 0 Å². The van der Waals surface area contributed by atoms with Gasteiger partial charge in [-0.05, 0) is 48.8 Å². The lowest BCUT2D eigenvalue weighted by molar-refractivity contribution is -0.145. The topological polar surface area (TPSA) is 32.8 Å². The molecule has 2 aliphatic heterocycles. The van der Waals surface area contributed by atoms with Crippen LogP contribution < -0.4 is 4.90 Å². The van der Waals surface area contributed by atoms with Crippen LogP contribution in [0.5, 0.6) is 0 Å². The maximum Gasteiger partial charge on any atom is 0.311 e. The summed E-state index contributed by atoms with van der Waals surface area (Å²) < 4.78 is 5.94. The van der Waals surface area contributed by atoms with Crippen LogP contribution in [-0.4, -0.2) is 49.7 Å². The molecule has 1 saturated carbocycles. The zero-order valence-corrected chi connectivity index (χ0v) is 20.0. The summed E-state index contributed by atoms with van der Waals surface area (Å²) in [6.45, 7) is 9.25. The molecule has 2 heterocycles. The maximum absolute atomic E-state index is 12.8. The van der Waals surface area contributed by atoms with E-state index in [2.05, 4.69) is 29.7 Å². The second-order valence-electron chi connectivity index (χ2n) is 10.2. The molecule has 5 atom stereocenters. The molecule has 0 amide bonds. The second-order valence-corrected chi connectivity index (χ2v) is 11.0. The van der Waals surface area contributed by atoms with E-state index in [4.69, 9.17) is 27.9 Å². The Bertz CT molecular complexity index is 896. The Morgan fingerprint density at radius 3 is 2.68 bits per heavy atom. The Morgan fingerprint density at radius 1 is 1.16 bits per heavy atom. The summed E-state index contributed by atoms with van der Waals surface area (Å²) in [5.41, 5.74) is 2.92. The minimum atomic E-state index is -0.0345. The molecule has 5 rings (SSSR count). The first kappa shape index (κ1) is 21.6. The molecule has 0 unspecified atom stereocenters. The number of allylic oxidation sites excluding steroid dienone is 1. The molecule has 3 fully saturated rings. The predicted octanol–water partition coefficient (Wildman–Crippen LogP) is 5.43. The number of ether oxygens (including phenoxy) is 1. The summed E-state index contributed by atoms with van der Waals surface area (Å²) >= 11 is 12.3. The number of rotatable bonds is 3. The minimum absolute atomic E-state index is 0.00802. The van der Waals surface area contributed by atoms with E-state index < -0.39 is 0 Å².